The van der Waals surface area contributed by atoms with Crippen LogP contribution in [0.3, 0.4) is 0 Å². The maximum Gasteiger partial charge on any atom is 0.238 e. The van der Waals surface area contributed by atoms with Gasteiger partial charge >= 0.3 is 0 Å². The van der Waals surface area contributed by atoms with Gasteiger partial charge in [0.1, 0.15) is 17.6 Å². The van der Waals surface area contributed by atoms with E-state index < -0.39 is 11.3 Å². The lowest BCUT2D eigenvalue weighted by Crippen LogP contribution is -2.37. The number of fused-ring (bicyclic) bond motifs is 1. The Kier molecular flexibility index (Phi) is 5.76. The number of ether oxygens (including phenoxy) is 1. The standard InChI is InChI=1S/C22H22N4O3S/c1-26-12-11-23-21(26)20(14-7-9-15(29-2)10-8-14)25-19(27)13-18-22(28)24-16-5-3-4-6-17(16)30-18/h3-12,18,20H,13H2,1-2H3,(H,24,28)(H,25,27)/t18-,20+/m1/s1. The van der Waals surface area contributed by atoms with Crippen LogP contribution in [0, 0.1) is 0 Å². The topological polar surface area (TPSA) is 85.2 Å². The minimum absolute atomic E-state index is 0.0713. The molecular weight excluding hydrogens is 400 g/mol. The van der Waals surface area contributed by atoms with E-state index in [9.17, 15) is 9.59 Å². The normalized spacial score (nSPS) is 16.3. The van der Waals surface area contributed by atoms with Crippen molar-refractivity contribution in [3.05, 3.63) is 72.3 Å². The number of nitrogens with zero attached hydrogens (tertiary/aromatic N) is 2. The van der Waals surface area contributed by atoms with Gasteiger partial charge in [-0.3, -0.25) is 9.59 Å². The fourth-order valence-electron chi connectivity index (χ4n) is 3.36. The molecule has 0 spiro atoms. The number of carbonyl (C=O) groups excluding carboxylic acids is 2. The van der Waals surface area contributed by atoms with Gasteiger partial charge < -0.3 is 19.9 Å². The van der Waals surface area contributed by atoms with Crippen molar-refractivity contribution in [2.24, 2.45) is 7.05 Å². The van der Waals surface area contributed by atoms with Crippen molar-refractivity contribution in [1.82, 2.24) is 14.9 Å². The van der Waals surface area contributed by atoms with E-state index in [0.717, 1.165) is 21.9 Å². The Hall–Kier alpha value is -3.26. The molecule has 3 aromatic rings. The molecule has 0 saturated heterocycles. The molecule has 0 bridgehead atoms. The number of benzene rings is 2. The Labute approximate surface area is 178 Å². The quantitative estimate of drug-likeness (QED) is 0.638. The van der Waals surface area contributed by atoms with Gasteiger partial charge in [0.05, 0.1) is 18.0 Å². The molecule has 0 fully saturated rings. The molecule has 1 aliphatic heterocycles. The lowest BCUT2D eigenvalue weighted by molar-refractivity contribution is -0.124. The van der Waals surface area contributed by atoms with E-state index in [1.54, 1.807) is 13.3 Å². The second kappa shape index (κ2) is 8.62. The average molecular weight is 423 g/mol. The van der Waals surface area contributed by atoms with Gasteiger partial charge in [-0.1, -0.05) is 24.3 Å². The number of hydrogen-bond acceptors (Lipinski definition) is 5. The summed E-state index contributed by atoms with van der Waals surface area (Å²) in [6, 6.07) is 14.6. The molecule has 2 aromatic carbocycles. The van der Waals surface area contributed by atoms with Crippen LogP contribution in [0.15, 0.2) is 65.8 Å². The van der Waals surface area contributed by atoms with Gasteiger partial charge in [-0.2, -0.15) is 0 Å². The number of amides is 2. The molecule has 7 nitrogen and oxygen atoms in total. The number of carbonyl (C=O) groups is 2. The molecule has 0 unspecified atom stereocenters. The summed E-state index contributed by atoms with van der Waals surface area (Å²) in [5.41, 5.74) is 1.66. The summed E-state index contributed by atoms with van der Waals surface area (Å²) in [6.45, 7) is 0. The highest BCUT2D eigenvalue weighted by molar-refractivity contribution is 8.01. The smallest absolute Gasteiger partial charge is 0.238 e. The summed E-state index contributed by atoms with van der Waals surface area (Å²) in [5, 5.41) is 5.44. The average Bonchev–Trinajstić information content (AvgIpc) is 3.18. The maximum absolute atomic E-state index is 12.9. The monoisotopic (exact) mass is 422 g/mol. The molecule has 0 aliphatic carbocycles. The van der Waals surface area contributed by atoms with Crippen molar-refractivity contribution in [2.75, 3.05) is 12.4 Å². The number of nitrogens with one attached hydrogen (secondary N) is 2. The first kappa shape index (κ1) is 20.0. The number of imidazole rings is 1. The third kappa shape index (κ3) is 4.18. The van der Waals surface area contributed by atoms with Gasteiger partial charge in [-0.25, -0.2) is 4.98 Å². The van der Waals surface area contributed by atoms with Crippen LogP contribution in [0.5, 0.6) is 5.75 Å². The van der Waals surface area contributed by atoms with E-state index in [2.05, 4.69) is 15.6 Å². The number of aryl methyl sites for hydroxylation is 1. The first-order valence-electron chi connectivity index (χ1n) is 9.52. The lowest BCUT2D eigenvalue weighted by atomic mass is 10.1. The highest BCUT2D eigenvalue weighted by atomic mass is 32.2. The van der Waals surface area contributed by atoms with Crippen molar-refractivity contribution in [3.63, 3.8) is 0 Å². The van der Waals surface area contributed by atoms with Crippen LogP contribution >= 0.6 is 11.8 Å². The molecule has 2 atom stereocenters. The summed E-state index contributed by atoms with van der Waals surface area (Å²) < 4.78 is 7.10. The Balaban J connectivity index is 1.52. The Morgan fingerprint density at radius 2 is 2.03 bits per heavy atom. The molecule has 1 aliphatic rings. The number of methoxy groups -OCH3 is 1. The number of rotatable bonds is 6. The molecule has 154 valence electrons. The second-order valence-electron chi connectivity index (χ2n) is 6.97. The van der Waals surface area contributed by atoms with Crippen molar-refractivity contribution in [3.8, 4) is 5.75 Å². The predicted octanol–water partition coefficient (Wildman–Crippen LogP) is 3.14. The zero-order valence-corrected chi connectivity index (χ0v) is 17.5. The van der Waals surface area contributed by atoms with E-state index in [-0.39, 0.29) is 18.2 Å². The van der Waals surface area contributed by atoms with Gasteiger partial charge in [-0.05, 0) is 29.8 Å². The van der Waals surface area contributed by atoms with Gasteiger partial charge in [-0.15, -0.1) is 11.8 Å². The fraction of sp³-hybridized carbons (Fsp3) is 0.227. The molecule has 2 N–H and O–H groups in total. The molecule has 0 radical (unpaired) electrons. The summed E-state index contributed by atoms with van der Waals surface area (Å²) in [4.78, 5) is 30.8. The molecule has 1 aromatic heterocycles. The van der Waals surface area contributed by atoms with Crippen molar-refractivity contribution in [1.29, 1.82) is 0 Å². The highest BCUT2D eigenvalue weighted by Gasteiger charge is 2.30. The van der Waals surface area contributed by atoms with Crippen molar-refractivity contribution < 1.29 is 14.3 Å². The van der Waals surface area contributed by atoms with Crippen molar-refractivity contribution in [2.45, 2.75) is 22.6 Å². The summed E-state index contributed by atoms with van der Waals surface area (Å²) in [6.07, 6.45) is 3.60. The number of aromatic nitrogens is 2. The number of hydrogen-bond donors (Lipinski definition) is 2. The Morgan fingerprint density at radius 3 is 2.73 bits per heavy atom. The van der Waals surface area contributed by atoms with Crippen LogP contribution in [-0.2, 0) is 16.6 Å². The molecule has 0 saturated carbocycles. The van der Waals surface area contributed by atoms with Crippen LogP contribution in [0.25, 0.3) is 0 Å². The van der Waals surface area contributed by atoms with E-state index in [1.807, 2.05) is 66.3 Å². The first-order valence-corrected chi connectivity index (χ1v) is 10.4. The van der Waals surface area contributed by atoms with E-state index in [0.29, 0.717) is 5.82 Å². The zero-order chi connectivity index (χ0) is 21.1. The Morgan fingerprint density at radius 1 is 1.27 bits per heavy atom. The summed E-state index contributed by atoms with van der Waals surface area (Å²) in [5.74, 6) is 1.06. The number of para-hydroxylation sites is 1. The van der Waals surface area contributed by atoms with Gasteiger partial charge in [0.2, 0.25) is 11.8 Å². The molecule has 8 heteroatoms. The minimum Gasteiger partial charge on any atom is -0.497 e. The van der Waals surface area contributed by atoms with Crippen LogP contribution in [0.4, 0.5) is 5.69 Å². The molecule has 4 rings (SSSR count). The molecule has 2 heterocycles. The summed E-state index contributed by atoms with van der Waals surface area (Å²) >= 11 is 1.41. The minimum atomic E-state index is -0.488. The van der Waals surface area contributed by atoms with Crippen LogP contribution in [0.1, 0.15) is 23.9 Å². The SMILES string of the molecule is COc1ccc([C@H](NC(=O)C[C@H]2Sc3ccccc3NC2=O)c2nccn2C)cc1. The van der Waals surface area contributed by atoms with Crippen molar-refractivity contribution >= 4 is 29.3 Å². The number of anilines is 1. The van der Waals surface area contributed by atoms with Crippen LogP contribution in [-0.4, -0.2) is 33.7 Å². The third-order valence-electron chi connectivity index (χ3n) is 4.95. The highest BCUT2D eigenvalue weighted by Crippen LogP contribution is 2.36. The second-order valence-corrected chi connectivity index (χ2v) is 8.21. The van der Waals surface area contributed by atoms with Gasteiger partial charge in [0.25, 0.3) is 0 Å². The lowest BCUT2D eigenvalue weighted by Gasteiger charge is -2.25. The van der Waals surface area contributed by atoms with E-state index in [4.69, 9.17) is 4.74 Å². The maximum atomic E-state index is 12.9. The third-order valence-corrected chi connectivity index (χ3v) is 6.22. The van der Waals surface area contributed by atoms with Crippen LogP contribution in [0.2, 0.25) is 0 Å². The summed E-state index contributed by atoms with van der Waals surface area (Å²) in [7, 11) is 3.49. The molecular formula is C22H22N4O3S. The molecule has 30 heavy (non-hydrogen) atoms. The van der Waals surface area contributed by atoms with E-state index in [1.165, 1.54) is 11.8 Å². The van der Waals surface area contributed by atoms with Gasteiger partial charge in [0.15, 0.2) is 0 Å². The Bertz CT molecular complexity index is 1060. The largest absolute Gasteiger partial charge is 0.497 e. The zero-order valence-electron chi connectivity index (χ0n) is 16.7. The predicted molar refractivity (Wildman–Crippen MR) is 116 cm³/mol. The van der Waals surface area contributed by atoms with Gasteiger partial charge in [0, 0.05) is 30.8 Å². The fourth-order valence-corrected chi connectivity index (χ4v) is 4.47. The van der Waals surface area contributed by atoms with E-state index >= 15 is 0 Å². The first-order chi connectivity index (χ1) is 14.5. The molecule has 2 amide bonds. The number of thioether (sulfide) groups is 1. The van der Waals surface area contributed by atoms with Crippen LogP contribution < -0.4 is 15.4 Å².